The van der Waals surface area contributed by atoms with Crippen molar-refractivity contribution >= 4 is 18.3 Å². The lowest BCUT2D eigenvalue weighted by Crippen LogP contribution is -2.56. The standard InChI is InChI=1S/C15H17F5N2O.ClH/c16-10-2-4-12(17)9(7-10)1-6-14(23)22-8-11(21)3-5-13(22)15(18,19)20;/h2,4,7,11,13H,1,3,5-6,8,21H2;1H. The summed E-state index contributed by atoms with van der Waals surface area (Å²) in [5.41, 5.74) is 5.61. The molecule has 0 saturated carbocycles. The summed E-state index contributed by atoms with van der Waals surface area (Å²) in [5, 5.41) is 0. The Hall–Kier alpha value is -1.41. The molecule has 136 valence electrons. The molecule has 0 aliphatic carbocycles. The summed E-state index contributed by atoms with van der Waals surface area (Å²) in [7, 11) is 0. The highest BCUT2D eigenvalue weighted by Crippen LogP contribution is 2.32. The number of nitrogens with two attached hydrogens (primary N) is 1. The van der Waals surface area contributed by atoms with Gasteiger partial charge in [0.2, 0.25) is 5.91 Å². The second-order valence-corrected chi connectivity index (χ2v) is 5.68. The predicted molar refractivity (Wildman–Crippen MR) is 80.7 cm³/mol. The zero-order chi connectivity index (χ0) is 17.2. The minimum atomic E-state index is -4.53. The van der Waals surface area contributed by atoms with E-state index in [0.29, 0.717) is 4.90 Å². The van der Waals surface area contributed by atoms with Gasteiger partial charge in [-0.05, 0) is 43.0 Å². The number of aryl methyl sites for hydroxylation is 1. The number of piperidine rings is 1. The Kier molecular flexibility index (Phi) is 6.97. The molecule has 9 heteroatoms. The minimum absolute atomic E-state index is 0. The fourth-order valence-corrected chi connectivity index (χ4v) is 2.74. The van der Waals surface area contributed by atoms with Crippen molar-refractivity contribution in [3.05, 3.63) is 35.4 Å². The van der Waals surface area contributed by atoms with Gasteiger partial charge in [0.1, 0.15) is 17.7 Å². The molecule has 1 aromatic carbocycles. The van der Waals surface area contributed by atoms with Crippen LogP contribution in [0.1, 0.15) is 24.8 Å². The van der Waals surface area contributed by atoms with Crippen LogP contribution in [0.25, 0.3) is 0 Å². The largest absolute Gasteiger partial charge is 0.408 e. The average molecular weight is 373 g/mol. The summed E-state index contributed by atoms with van der Waals surface area (Å²) < 4.78 is 65.6. The quantitative estimate of drug-likeness (QED) is 0.828. The first-order chi connectivity index (χ1) is 10.7. The number of halogens is 6. The zero-order valence-corrected chi connectivity index (χ0v) is 13.5. The molecule has 0 radical (unpaired) electrons. The Balaban J connectivity index is 0.00000288. The number of benzene rings is 1. The van der Waals surface area contributed by atoms with Crippen LogP contribution in [0.3, 0.4) is 0 Å². The number of rotatable bonds is 3. The third kappa shape index (κ3) is 5.04. The first-order valence-electron chi connectivity index (χ1n) is 7.24. The molecule has 2 unspecified atom stereocenters. The number of alkyl halides is 3. The van der Waals surface area contributed by atoms with Crippen molar-refractivity contribution in [2.24, 2.45) is 5.73 Å². The van der Waals surface area contributed by atoms with Crippen LogP contribution in [-0.2, 0) is 11.2 Å². The van der Waals surface area contributed by atoms with Crippen molar-refractivity contribution in [3.63, 3.8) is 0 Å². The van der Waals surface area contributed by atoms with Gasteiger partial charge in [-0.15, -0.1) is 12.4 Å². The van der Waals surface area contributed by atoms with Gasteiger partial charge in [0.05, 0.1) is 0 Å². The molecule has 1 fully saturated rings. The summed E-state index contributed by atoms with van der Waals surface area (Å²) in [6.45, 7) is -0.186. The lowest BCUT2D eigenvalue weighted by molar-refractivity contribution is -0.196. The molecule has 0 spiro atoms. The monoisotopic (exact) mass is 372 g/mol. The molecule has 1 amide bonds. The van der Waals surface area contributed by atoms with Crippen LogP contribution in [0.5, 0.6) is 0 Å². The third-order valence-corrected chi connectivity index (χ3v) is 3.93. The zero-order valence-electron chi connectivity index (χ0n) is 12.7. The van der Waals surface area contributed by atoms with E-state index in [2.05, 4.69) is 0 Å². The summed E-state index contributed by atoms with van der Waals surface area (Å²) in [5.74, 6) is -2.12. The smallest absolute Gasteiger partial charge is 0.329 e. The number of carbonyl (C=O) groups is 1. The Bertz CT molecular complexity index is 581. The highest BCUT2D eigenvalue weighted by molar-refractivity contribution is 5.85. The SMILES string of the molecule is Cl.NC1CCC(C(F)(F)F)N(C(=O)CCc2cc(F)ccc2F)C1. The highest BCUT2D eigenvalue weighted by atomic mass is 35.5. The van der Waals surface area contributed by atoms with E-state index in [-0.39, 0.29) is 50.2 Å². The van der Waals surface area contributed by atoms with Gasteiger partial charge >= 0.3 is 6.18 Å². The van der Waals surface area contributed by atoms with Gasteiger partial charge in [0, 0.05) is 19.0 Å². The van der Waals surface area contributed by atoms with Crippen molar-refractivity contribution in [1.82, 2.24) is 4.90 Å². The van der Waals surface area contributed by atoms with Gasteiger partial charge in [0.15, 0.2) is 0 Å². The van der Waals surface area contributed by atoms with E-state index in [1.807, 2.05) is 0 Å². The van der Waals surface area contributed by atoms with Gasteiger partial charge in [-0.25, -0.2) is 8.78 Å². The van der Waals surface area contributed by atoms with Crippen LogP contribution in [0.15, 0.2) is 18.2 Å². The third-order valence-electron chi connectivity index (χ3n) is 3.93. The van der Waals surface area contributed by atoms with Crippen molar-refractivity contribution in [2.75, 3.05) is 6.54 Å². The van der Waals surface area contributed by atoms with E-state index >= 15 is 0 Å². The van der Waals surface area contributed by atoms with Gasteiger partial charge in [0.25, 0.3) is 0 Å². The van der Waals surface area contributed by atoms with E-state index in [0.717, 1.165) is 18.2 Å². The summed E-state index contributed by atoms with van der Waals surface area (Å²) in [6.07, 6.45) is -5.09. The van der Waals surface area contributed by atoms with E-state index in [1.165, 1.54) is 0 Å². The van der Waals surface area contributed by atoms with Crippen molar-refractivity contribution in [3.8, 4) is 0 Å². The molecule has 1 saturated heterocycles. The highest BCUT2D eigenvalue weighted by Gasteiger charge is 2.47. The Morgan fingerprint density at radius 2 is 1.92 bits per heavy atom. The summed E-state index contributed by atoms with van der Waals surface area (Å²) >= 11 is 0. The van der Waals surface area contributed by atoms with E-state index < -0.39 is 35.8 Å². The molecule has 1 aliphatic heterocycles. The number of amides is 1. The van der Waals surface area contributed by atoms with Gasteiger partial charge in [-0.2, -0.15) is 13.2 Å². The molecular formula is C15H18ClF5N2O. The molecular weight excluding hydrogens is 355 g/mol. The molecule has 24 heavy (non-hydrogen) atoms. The minimum Gasteiger partial charge on any atom is -0.329 e. The normalized spacial score (nSPS) is 21.3. The predicted octanol–water partition coefficient (Wildman–Crippen LogP) is 3.20. The molecule has 0 aromatic heterocycles. The molecule has 2 rings (SSSR count). The van der Waals surface area contributed by atoms with Crippen LogP contribution >= 0.6 is 12.4 Å². The van der Waals surface area contributed by atoms with Crippen LogP contribution < -0.4 is 5.73 Å². The fourth-order valence-electron chi connectivity index (χ4n) is 2.74. The summed E-state index contributed by atoms with van der Waals surface area (Å²) in [6, 6.07) is 0.413. The number of likely N-dealkylation sites (tertiary alicyclic amines) is 1. The Labute approximate surface area is 142 Å². The first-order valence-corrected chi connectivity index (χ1v) is 7.24. The molecule has 1 heterocycles. The molecule has 2 N–H and O–H groups in total. The molecule has 0 bridgehead atoms. The van der Waals surface area contributed by atoms with Gasteiger partial charge in [-0.1, -0.05) is 0 Å². The number of carbonyl (C=O) groups excluding carboxylic acids is 1. The maximum atomic E-state index is 13.5. The molecule has 3 nitrogen and oxygen atoms in total. The van der Waals surface area contributed by atoms with Crippen LogP contribution in [0.4, 0.5) is 22.0 Å². The Morgan fingerprint density at radius 1 is 1.25 bits per heavy atom. The van der Waals surface area contributed by atoms with Gasteiger partial charge < -0.3 is 10.6 Å². The summed E-state index contributed by atoms with van der Waals surface area (Å²) in [4.78, 5) is 12.8. The first kappa shape index (κ1) is 20.6. The Morgan fingerprint density at radius 3 is 2.54 bits per heavy atom. The molecule has 2 atom stereocenters. The van der Waals surface area contributed by atoms with Crippen LogP contribution in [0.2, 0.25) is 0 Å². The van der Waals surface area contributed by atoms with Crippen molar-refractivity contribution in [2.45, 2.75) is 43.9 Å². The maximum absolute atomic E-state index is 13.5. The second kappa shape index (κ2) is 8.11. The second-order valence-electron chi connectivity index (χ2n) is 5.68. The maximum Gasteiger partial charge on any atom is 0.408 e. The van der Waals surface area contributed by atoms with Crippen molar-refractivity contribution < 1.29 is 26.7 Å². The van der Waals surface area contributed by atoms with E-state index in [9.17, 15) is 26.7 Å². The molecule has 1 aromatic rings. The lowest BCUT2D eigenvalue weighted by Gasteiger charge is -2.39. The van der Waals surface area contributed by atoms with Crippen molar-refractivity contribution in [1.29, 1.82) is 0 Å². The van der Waals surface area contributed by atoms with E-state index in [4.69, 9.17) is 5.73 Å². The van der Waals surface area contributed by atoms with Crippen LogP contribution in [-0.4, -0.2) is 35.6 Å². The van der Waals surface area contributed by atoms with E-state index in [1.54, 1.807) is 0 Å². The number of nitrogens with zero attached hydrogens (tertiary/aromatic N) is 1. The molecule has 1 aliphatic rings. The number of hydrogen-bond donors (Lipinski definition) is 1. The van der Waals surface area contributed by atoms with Crippen LogP contribution in [0, 0.1) is 11.6 Å². The van der Waals surface area contributed by atoms with Gasteiger partial charge in [-0.3, -0.25) is 4.79 Å². The number of hydrogen-bond acceptors (Lipinski definition) is 2. The lowest BCUT2D eigenvalue weighted by atomic mass is 9.97. The average Bonchev–Trinajstić information content (AvgIpc) is 2.46. The fraction of sp³-hybridized carbons (Fsp3) is 0.533. The topological polar surface area (TPSA) is 46.3 Å².